The van der Waals surface area contributed by atoms with E-state index in [2.05, 4.69) is 23.1 Å². The predicted octanol–water partition coefficient (Wildman–Crippen LogP) is 2.24. The first-order chi connectivity index (χ1) is 8.06. The molecular formula is C13H17N3O. The van der Waals surface area contributed by atoms with Crippen LogP contribution in [-0.4, -0.2) is 16.2 Å². The molecule has 0 radical (unpaired) electrons. The van der Waals surface area contributed by atoms with E-state index in [9.17, 15) is 0 Å². The van der Waals surface area contributed by atoms with Gasteiger partial charge in [0.05, 0.1) is 0 Å². The van der Waals surface area contributed by atoms with E-state index in [4.69, 9.17) is 10.3 Å². The molecule has 1 aromatic carbocycles. The third kappa shape index (κ3) is 2.71. The number of nitrogens with zero attached hydrogens (tertiary/aromatic N) is 2. The largest absolute Gasteiger partial charge is 0.334 e. The molecule has 0 fully saturated rings. The summed E-state index contributed by atoms with van der Waals surface area (Å²) < 4.78 is 5.26. The molecule has 0 aliphatic carbocycles. The number of aromatic nitrogens is 2. The smallest absolute Gasteiger partial charge is 0.258 e. The van der Waals surface area contributed by atoms with Crippen molar-refractivity contribution in [3.8, 4) is 11.5 Å². The molecule has 0 aliphatic rings. The lowest BCUT2D eigenvalue weighted by Crippen LogP contribution is -2.18. The number of nitrogens with two attached hydrogens (primary N) is 1. The van der Waals surface area contributed by atoms with Crippen LogP contribution in [-0.2, 0) is 6.42 Å². The molecule has 2 N–H and O–H groups in total. The van der Waals surface area contributed by atoms with E-state index in [-0.39, 0.29) is 6.04 Å². The highest BCUT2D eigenvalue weighted by atomic mass is 16.5. The predicted molar refractivity (Wildman–Crippen MR) is 66.6 cm³/mol. The Hall–Kier alpha value is -1.68. The SMILES string of the molecule is Cc1ccc(-c2nc(CC(C)N)no2)c(C)c1. The molecule has 4 nitrogen and oxygen atoms in total. The Morgan fingerprint density at radius 2 is 2.12 bits per heavy atom. The number of aryl methyl sites for hydroxylation is 2. The Kier molecular flexibility index (Phi) is 3.24. The normalized spacial score (nSPS) is 12.7. The topological polar surface area (TPSA) is 64.9 Å². The van der Waals surface area contributed by atoms with Crippen LogP contribution in [0.4, 0.5) is 0 Å². The van der Waals surface area contributed by atoms with Gasteiger partial charge in [0.25, 0.3) is 5.89 Å². The standard InChI is InChI=1S/C13H17N3O/c1-8-4-5-11(9(2)6-8)13-15-12(16-17-13)7-10(3)14/h4-6,10H,7,14H2,1-3H3. The fraction of sp³-hybridized carbons (Fsp3) is 0.385. The minimum atomic E-state index is 0.0413. The van der Waals surface area contributed by atoms with Gasteiger partial charge in [-0.2, -0.15) is 4.98 Å². The van der Waals surface area contributed by atoms with E-state index >= 15 is 0 Å². The molecular weight excluding hydrogens is 214 g/mol. The van der Waals surface area contributed by atoms with Crippen LogP contribution in [0.15, 0.2) is 22.7 Å². The molecule has 0 amide bonds. The van der Waals surface area contributed by atoms with E-state index in [1.807, 2.05) is 26.0 Å². The van der Waals surface area contributed by atoms with E-state index in [1.165, 1.54) is 5.56 Å². The summed E-state index contributed by atoms with van der Waals surface area (Å²) in [5.41, 5.74) is 9.05. The summed E-state index contributed by atoms with van der Waals surface area (Å²) in [6, 6.07) is 6.19. The van der Waals surface area contributed by atoms with Crippen molar-refractivity contribution >= 4 is 0 Å². The number of hydrogen-bond acceptors (Lipinski definition) is 4. The molecule has 1 atom stereocenters. The van der Waals surface area contributed by atoms with Gasteiger partial charge in [-0.15, -0.1) is 0 Å². The highest BCUT2D eigenvalue weighted by Gasteiger charge is 2.11. The lowest BCUT2D eigenvalue weighted by atomic mass is 10.1. The van der Waals surface area contributed by atoms with Gasteiger partial charge in [-0.1, -0.05) is 22.9 Å². The number of rotatable bonds is 3. The zero-order chi connectivity index (χ0) is 12.4. The Bertz CT molecular complexity index is 517. The van der Waals surface area contributed by atoms with Crippen molar-refractivity contribution in [1.29, 1.82) is 0 Å². The summed E-state index contributed by atoms with van der Waals surface area (Å²) in [5.74, 6) is 1.23. The van der Waals surface area contributed by atoms with Gasteiger partial charge in [-0.25, -0.2) is 0 Å². The Labute approximate surface area is 101 Å². The van der Waals surface area contributed by atoms with Crippen LogP contribution in [0.3, 0.4) is 0 Å². The first kappa shape index (κ1) is 11.8. The van der Waals surface area contributed by atoms with E-state index in [0.717, 1.165) is 11.1 Å². The van der Waals surface area contributed by atoms with Crippen LogP contribution in [0.25, 0.3) is 11.5 Å². The molecule has 1 heterocycles. The lowest BCUT2D eigenvalue weighted by molar-refractivity contribution is 0.420. The molecule has 2 aromatic rings. The monoisotopic (exact) mass is 231 g/mol. The molecule has 1 aromatic heterocycles. The molecule has 4 heteroatoms. The van der Waals surface area contributed by atoms with Gasteiger partial charge in [0.1, 0.15) is 0 Å². The van der Waals surface area contributed by atoms with Gasteiger partial charge < -0.3 is 10.3 Å². The maximum absolute atomic E-state index is 5.70. The van der Waals surface area contributed by atoms with Gasteiger partial charge in [-0.3, -0.25) is 0 Å². The van der Waals surface area contributed by atoms with Crippen LogP contribution in [0.5, 0.6) is 0 Å². The third-order valence-corrected chi connectivity index (χ3v) is 2.58. The van der Waals surface area contributed by atoms with Crippen molar-refractivity contribution in [2.24, 2.45) is 5.73 Å². The van der Waals surface area contributed by atoms with E-state index in [1.54, 1.807) is 0 Å². The minimum absolute atomic E-state index is 0.0413. The molecule has 0 spiro atoms. The second-order valence-corrected chi connectivity index (χ2v) is 4.52. The summed E-state index contributed by atoms with van der Waals surface area (Å²) in [4.78, 5) is 4.35. The zero-order valence-corrected chi connectivity index (χ0v) is 10.4. The first-order valence-corrected chi connectivity index (χ1v) is 5.72. The molecule has 0 saturated carbocycles. The third-order valence-electron chi connectivity index (χ3n) is 2.58. The van der Waals surface area contributed by atoms with Gasteiger partial charge in [-0.05, 0) is 32.4 Å². The van der Waals surface area contributed by atoms with Crippen LogP contribution < -0.4 is 5.73 Å². The molecule has 17 heavy (non-hydrogen) atoms. The van der Waals surface area contributed by atoms with Crippen LogP contribution in [0.2, 0.25) is 0 Å². The molecule has 0 saturated heterocycles. The second-order valence-electron chi connectivity index (χ2n) is 4.52. The molecule has 2 rings (SSSR count). The highest BCUT2D eigenvalue weighted by Crippen LogP contribution is 2.22. The Balaban J connectivity index is 2.30. The van der Waals surface area contributed by atoms with E-state index in [0.29, 0.717) is 18.1 Å². The second kappa shape index (κ2) is 4.67. The molecule has 0 bridgehead atoms. The van der Waals surface area contributed by atoms with Gasteiger partial charge in [0.2, 0.25) is 0 Å². The van der Waals surface area contributed by atoms with Gasteiger partial charge in [0, 0.05) is 18.0 Å². The molecule has 0 aliphatic heterocycles. The van der Waals surface area contributed by atoms with Gasteiger partial charge in [0.15, 0.2) is 5.82 Å². The van der Waals surface area contributed by atoms with Gasteiger partial charge >= 0.3 is 0 Å². The van der Waals surface area contributed by atoms with Crippen molar-refractivity contribution in [2.75, 3.05) is 0 Å². The first-order valence-electron chi connectivity index (χ1n) is 5.72. The summed E-state index contributed by atoms with van der Waals surface area (Å²) >= 11 is 0. The summed E-state index contributed by atoms with van der Waals surface area (Å²) in [6.07, 6.45) is 0.633. The van der Waals surface area contributed by atoms with Crippen LogP contribution in [0, 0.1) is 13.8 Å². The fourth-order valence-electron chi connectivity index (χ4n) is 1.79. The Morgan fingerprint density at radius 3 is 2.76 bits per heavy atom. The van der Waals surface area contributed by atoms with Crippen molar-refractivity contribution in [2.45, 2.75) is 33.2 Å². The maximum Gasteiger partial charge on any atom is 0.258 e. The average Bonchev–Trinajstić information content (AvgIpc) is 2.65. The van der Waals surface area contributed by atoms with Crippen molar-refractivity contribution < 1.29 is 4.52 Å². The molecule has 90 valence electrons. The lowest BCUT2D eigenvalue weighted by Gasteiger charge is -2.01. The van der Waals surface area contributed by atoms with Crippen LogP contribution in [0.1, 0.15) is 23.9 Å². The Morgan fingerprint density at radius 1 is 1.35 bits per heavy atom. The average molecular weight is 231 g/mol. The summed E-state index contributed by atoms with van der Waals surface area (Å²) in [7, 11) is 0. The molecule has 1 unspecified atom stereocenters. The summed E-state index contributed by atoms with van der Waals surface area (Å²) in [5, 5.41) is 3.93. The fourth-order valence-corrected chi connectivity index (χ4v) is 1.79. The number of hydrogen-bond donors (Lipinski definition) is 1. The maximum atomic E-state index is 5.70. The van der Waals surface area contributed by atoms with Crippen molar-refractivity contribution in [3.05, 3.63) is 35.2 Å². The zero-order valence-electron chi connectivity index (χ0n) is 10.4. The minimum Gasteiger partial charge on any atom is -0.334 e. The van der Waals surface area contributed by atoms with Crippen LogP contribution >= 0.6 is 0 Å². The van der Waals surface area contributed by atoms with Crippen molar-refractivity contribution in [1.82, 2.24) is 10.1 Å². The summed E-state index contributed by atoms with van der Waals surface area (Å²) in [6.45, 7) is 6.02. The quantitative estimate of drug-likeness (QED) is 0.879. The number of benzene rings is 1. The van der Waals surface area contributed by atoms with E-state index < -0.39 is 0 Å². The van der Waals surface area contributed by atoms with Crippen molar-refractivity contribution in [3.63, 3.8) is 0 Å². The highest BCUT2D eigenvalue weighted by molar-refractivity contribution is 5.58.